The Hall–Kier alpha value is -2.68. The van der Waals surface area contributed by atoms with Crippen molar-refractivity contribution < 1.29 is 28.6 Å². The van der Waals surface area contributed by atoms with E-state index in [1.165, 1.54) is 7.11 Å². The average molecular weight is 496 g/mol. The SMILES string of the molecule is CCOc1cc(/C=C2\SC(=O)N(Cc3ccc(Cl)cc3Cl)C2=O)ccc1OCC(=O)OC. The molecule has 1 saturated heterocycles. The average Bonchev–Trinajstić information content (AvgIpc) is 3.02. The molecule has 2 aromatic carbocycles. The summed E-state index contributed by atoms with van der Waals surface area (Å²) in [5.41, 5.74) is 1.25. The first-order valence-corrected chi connectivity index (χ1v) is 11.1. The summed E-state index contributed by atoms with van der Waals surface area (Å²) >= 11 is 12.9. The van der Waals surface area contributed by atoms with Crippen LogP contribution in [0, 0.1) is 0 Å². The van der Waals surface area contributed by atoms with E-state index in [-0.39, 0.29) is 18.1 Å². The predicted octanol–water partition coefficient (Wildman–Crippen LogP) is 5.18. The third-order valence-corrected chi connectivity index (χ3v) is 5.85. The second-order valence-corrected chi connectivity index (χ2v) is 8.34. The molecule has 10 heteroatoms. The van der Waals surface area contributed by atoms with Crippen LogP contribution >= 0.6 is 35.0 Å². The molecule has 0 aromatic heterocycles. The van der Waals surface area contributed by atoms with Crippen LogP contribution in [0.5, 0.6) is 11.5 Å². The molecule has 2 amide bonds. The van der Waals surface area contributed by atoms with Gasteiger partial charge in [0.25, 0.3) is 11.1 Å². The zero-order chi connectivity index (χ0) is 23.3. The van der Waals surface area contributed by atoms with Crippen LogP contribution in [0.4, 0.5) is 4.79 Å². The molecule has 3 rings (SSSR count). The molecule has 168 valence electrons. The molecule has 32 heavy (non-hydrogen) atoms. The first kappa shape index (κ1) is 24.0. The predicted molar refractivity (Wildman–Crippen MR) is 123 cm³/mol. The lowest BCUT2D eigenvalue weighted by Crippen LogP contribution is -2.27. The number of hydrogen-bond donors (Lipinski definition) is 0. The molecule has 1 aliphatic rings. The van der Waals surface area contributed by atoms with Crippen molar-refractivity contribution in [2.45, 2.75) is 13.5 Å². The second kappa shape index (κ2) is 10.8. The topological polar surface area (TPSA) is 82.1 Å². The van der Waals surface area contributed by atoms with Gasteiger partial charge in [-0.25, -0.2) is 4.79 Å². The van der Waals surface area contributed by atoms with Crippen molar-refractivity contribution in [1.29, 1.82) is 0 Å². The minimum Gasteiger partial charge on any atom is -0.490 e. The quantitative estimate of drug-likeness (QED) is 0.368. The zero-order valence-electron chi connectivity index (χ0n) is 17.2. The summed E-state index contributed by atoms with van der Waals surface area (Å²) in [4.78, 5) is 38.0. The van der Waals surface area contributed by atoms with E-state index >= 15 is 0 Å². The van der Waals surface area contributed by atoms with E-state index in [0.717, 1.165) is 16.7 Å². The van der Waals surface area contributed by atoms with Crippen LogP contribution in [0.3, 0.4) is 0 Å². The van der Waals surface area contributed by atoms with E-state index in [0.29, 0.717) is 39.3 Å². The number of amides is 2. The zero-order valence-corrected chi connectivity index (χ0v) is 19.6. The lowest BCUT2D eigenvalue weighted by molar-refractivity contribution is -0.142. The van der Waals surface area contributed by atoms with Crippen molar-refractivity contribution in [3.63, 3.8) is 0 Å². The highest BCUT2D eigenvalue weighted by atomic mass is 35.5. The molecule has 0 bridgehead atoms. The third-order valence-electron chi connectivity index (χ3n) is 4.36. The van der Waals surface area contributed by atoms with Crippen molar-refractivity contribution in [2.24, 2.45) is 0 Å². The highest BCUT2D eigenvalue weighted by molar-refractivity contribution is 8.18. The van der Waals surface area contributed by atoms with Gasteiger partial charge in [0.1, 0.15) is 0 Å². The molecule has 0 atom stereocenters. The summed E-state index contributed by atoms with van der Waals surface area (Å²) in [5, 5.41) is 0.455. The van der Waals surface area contributed by atoms with E-state index in [2.05, 4.69) is 4.74 Å². The van der Waals surface area contributed by atoms with Crippen molar-refractivity contribution >= 4 is 58.2 Å². The Balaban J connectivity index is 1.80. The van der Waals surface area contributed by atoms with E-state index < -0.39 is 17.1 Å². The lowest BCUT2D eigenvalue weighted by Gasteiger charge is -2.14. The Labute approximate surface area is 199 Å². The molecule has 0 aliphatic carbocycles. The largest absolute Gasteiger partial charge is 0.490 e. The number of rotatable bonds is 8. The number of benzene rings is 2. The van der Waals surface area contributed by atoms with Gasteiger partial charge in [0, 0.05) is 10.0 Å². The minimum atomic E-state index is -0.522. The van der Waals surface area contributed by atoms with Crippen LogP contribution in [0.15, 0.2) is 41.3 Å². The van der Waals surface area contributed by atoms with Gasteiger partial charge in [0.2, 0.25) is 0 Å². The fourth-order valence-corrected chi connectivity index (χ4v) is 4.11. The molecule has 0 saturated carbocycles. The van der Waals surface area contributed by atoms with Gasteiger partial charge in [-0.2, -0.15) is 0 Å². The number of carbonyl (C=O) groups is 3. The number of methoxy groups -OCH3 is 1. The van der Waals surface area contributed by atoms with Gasteiger partial charge in [0.05, 0.1) is 25.2 Å². The van der Waals surface area contributed by atoms with E-state index in [9.17, 15) is 14.4 Å². The minimum absolute atomic E-state index is 0.0442. The molecule has 1 fully saturated rings. The maximum absolute atomic E-state index is 12.8. The van der Waals surface area contributed by atoms with E-state index in [1.807, 2.05) is 6.92 Å². The second-order valence-electron chi connectivity index (χ2n) is 6.51. The van der Waals surface area contributed by atoms with Crippen molar-refractivity contribution in [1.82, 2.24) is 4.90 Å². The summed E-state index contributed by atoms with van der Waals surface area (Å²) in [7, 11) is 1.27. The molecule has 0 radical (unpaired) electrons. The van der Waals surface area contributed by atoms with Crippen LogP contribution in [0.2, 0.25) is 10.0 Å². The maximum Gasteiger partial charge on any atom is 0.343 e. The van der Waals surface area contributed by atoms with Crippen molar-refractivity contribution in [3.8, 4) is 11.5 Å². The van der Waals surface area contributed by atoms with Crippen LogP contribution in [0.1, 0.15) is 18.1 Å². The highest BCUT2D eigenvalue weighted by Gasteiger charge is 2.35. The summed E-state index contributed by atoms with van der Waals surface area (Å²) in [5.74, 6) is -0.182. The molecule has 1 aliphatic heterocycles. The molecule has 0 spiro atoms. The van der Waals surface area contributed by atoms with Crippen molar-refractivity contribution in [2.75, 3.05) is 20.3 Å². The summed E-state index contributed by atoms with van der Waals surface area (Å²) in [6, 6.07) is 9.87. The van der Waals surface area contributed by atoms with Gasteiger partial charge in [-0.15, -0.1) is 0 Å². The molecular weight excluding hydrogens is 477 g/mol. The lowest BCUT2D eigenvalue weighted by atomic mass is 10.1. The summed E-state index contributed by atoms with van der Waals surface area (Å²) < 4.78 is 15.6. The van der Waals surface area contributed by atoms with Gasteiger partial charge in [-0.1, -0.05) is 35.3 Å². The van der Waals surface area contributed by atoms with Crippen LogP contribution in [-0.4, -0.2) is 42.3 Å². The fourth-order valence-electron chi connectivity index (χ4n) is 2.81. The van der Waals surface area contributed by atoms with Gasteiger partial charge < -0.3 is 14.2 Å². The Bertz CT molecular complexity index is 1090. The number of ether oxygens (including phenoxy) is 3. The van der Waals surface area contributed by atoms with Crippen LogP contribution in [-0.2, 0) is 20.9 Å². The first-order valence-electron chi connectivity index (χ1n) is 9.48. The maximum atomic E-state index is 12.8. The highest BCUT2D eigenvalue weighted by Crippen LogP contribution is 2.36. The van der Waals surface area contributed by atoms with Crippen LogP contribution in [0.25, 0.3) is 6.08 Å². The number of hydrogen-bond acceptors (Lipinski definition) is 7. The number of nitrogens with zero attached hydrogens (tertiary/aromatic N) is 1. The molecular formula is C22H19Cl2NO6S. The molecule has 2 aromatic rings. The first-order chi connectivity index (χ1) is 15.3. The van der Waals surface area contributed by atoms with E-state index in [4.69, 9.17) is 32.7 Å². The number of thioether (sulfide) groups is 1. The standard InChI is InChI=1S/C22H19Cl2NO6S/c1-3-30-18-8-13(4-7-17(18)31-12-20(26)29-2)9-19-21(27)25(22(28)32-19)11-14-5-6-15(23)10-16(14)24/h4-10H,3,11-12H2,1-2H3/b19-9-. The Morgan fingerprint density at radius 2 is 1.88 bits per heavy atom. The smallest absolute Gasteiger partial charge is 0.343 e. The molecule has 7 nitrogen and oxygen atoms in total. The number of carbonyl (C=O) groups excluding carboxylic acids is 3. The van der Waals surface area contributed by atoms with E-state index in [1.54, 1.807) is 42.5 Å². The Morgan fingerprint density at radius 1 is 1.09 bits per heavy atom. The van der Waals surface area contributed by atoms with Gasteiger partial charge in [0.15, 0.2) is 18.1 Å². The number of imide groups is 1. The Morgan fingerprint density at radius 3 is 2.56 bits per heavy atom. The van der Waals surface area contributed by atoms with Gasteiger partial charge in [-0.3, -0.25) is 14.5 Å². The third kappa shape index (κ3) is 5.76. The van der Waals surface area contributed by atoms with Crippen LogP contribution < -0.4 is 9.47 Å². The summed E-state index contributed by atoms with van der Waals surface area (Å²) in [6.45, 7) is 1.96. The summed E-state index contributed by atoms with van der Waals surface area (Å²) in [6.07, 6.45) is 1.60. The fraction of sp³-hybridized carbons (Fsp3) is 0.227. The number of esters is 1. The van der Waals surface area contributed by atoms with Gasteiger partial charge >= 0.3 is 5.97 Å². The van der Waals surface area contributed by atoms with Gasteiger partial charge in [-0.05, 0) is 60.2 Å². The monoisotopic (exact) mass is 495 g/mol. The Kier molecular flexibility index (Phi) is 8.06. The molecule has 0 N–H and O–H groups in total. The molecule has 1 heterocycles. The number of halogens is 2. The normalized spacial score (nSPS) is 14.8. The van der Waals surface area contributed by atoms with Crippen molar-refractivity contribution in [3.05, 3.63) is 62.5 Å². The molecule has 0 unspecified atom stereocenters.